The summed E-state index contributed by atoms with van der Waals surface area (Å²) in [6, 6.07) is 17.9. The van der Waals surface area contributed by atoms with Crippen molar-refractivity contribution in [1.29, 1.82) is 0 Å². The van der Waals surface area contributed by atoms with E-state index in [0.717, 1.165) is 5.56 Å². The number of anilines is 1. The van der Waals surface area contributed by atoms with E-state index in [1.165, 1.54) is 56.8 Å². The maximum Gasteiger partial charge on any atom is 0.326 e. The highest BCUT2D eigenvalue weighted by atomic mass is 32.2. The Morgan fingerprint density at radius 1 is 0.842 bits per heavy atom. The molecule has 0 saturated carbocycles. The number of carbonyl (C=O) groups is 2. The number of carboxylic acids is 1. The molecule has 57 heavy (non-hydrogen) atoms. The lowest BCUT2D eigenvalue weighted by atomic mass is 9.93. The van der Waals surface area contributed by atoms with Crippen molar-refractivity contribution in [1.82, 2.24) is 15.3 Å². The molecule has 0 aliphatic rings. The summed E-state index contributed by atoms with van der Waals surface area (Å²) in [4.78, 5) is 33.5. The molecule has 1 unspecified atom stereocenters. The molecule has 0 radical (unpaired) electrons. The SMILES string of the molecule is CCOCc1cc(OC)c(-c2ccc(CC(NC(=O)c3c(F)cc(NS(=O)(=O)c4ccc(-c5ccnc(F)c5)cc4)cc3F)C(=O)O)c3cccnc23)c(OC)c1. The van der Waals surface area contributed by atoms with Gasteiger partial charge in [0, 0.05) is 42.4 Å². The number of aliphatic carboxylic acids is 1. The highest BCUT2D eigenvalue weighted by Gasteiger charge is 2.28. The zero-order valence-corrected chi connectivity index (χ0v) is 31.5. The second kappa shape index (κ2) is 17.1. The van der Waals surface area contributed by atoms with E-state index in [-0.39, 0.29) is 11.3 Å². The lowest BCUT2D eigenvalue weighted by Crippen LogP contribution is -2.43. The molecule has 0 aliphatic carbocycles. The minimum Gasteiger partial charge on any atom is -0.496 e. The van der Waals surface area contributed by atoms with Gasteiger partial charge in [-0.25, -0.2) is 27.0 Å². The molecule has 0 aliphatic heterocycles. The van der Waals surface area contributed by atoms with E-state index >= 15 is 8.78 Å². The molecule has 0 spiro atoms. The molecule has 12 nitrogen and oxygen atoms in total. The molecule has 294 valence electrons. The first-order valence-electron chi connectivity index (χ1n) is 17.3. The molecule has 4 aromatic carbocycles. The summed E-state index contributed by atoms with van der Waals surface area (Å²) in [5, 5.41) is 12.8. The maximum atomic E-state index is 15.4. The van der Waals surface area contributed by atoms with Crippen molar-refractivity contribution in [2.75, 3.05) is 25.5 Å². The number of ether oxygens (including phenoxy) is 3. The van der Waals surface area contributed by atoms with Crippen molar-refractivity contribution < 1.29 is 50.5 Å². The molecule has 2 heterocycles. The van der Waals surface area contributed by atoms with Gasteiger partial charge in [0.15, 0.2) is 0 Å². The largest absolute Gasteiger partial charge is 0.496 e. The van der Waals surface area contributed by atoms with Crippen LogP contribution in [0.25, 0.3) is 33.2 Å². The molecule has 6 aromatic rings. The Kier molecular flexibility index (Phi) is 12.0. The minimum atomic E-state index is -4.38. The van der Waals surface area contributed by atoms with Gasteiger partial charge >= 0.3 is 5.97 Å². The lowest BCUT2D eigenvalue weighted by molar-refractivity contribution is -0.139. The number of rotatable bonds is 15. The zero-order valence-electron chi connectivity index (χ0n) is 30.7. The van der Waals surface area contributed by atoms with Gasteiger partial charge in [-0.1, -0.05) is 30.3 Å². The fraction of sp³-hybridized carbons (Fsp3) is 0.171. The highest BCUT2D eigenvalue weighted by Crippen LogP contribution is 2.43. The predicted molar refractivity (Wildman–Crippen MR) is 205 cm³/mol. The molecule has 2 aromatic heterocycles. The molecule has 0 fully saturated rings. The van der Waals surface area contributed by atoms with E-state index in [0.29, 0.717) is 75.6 Å². The zero-order chi connectivity index (χ0) is 40.9. The van der Waals surface area contributed by atoms with Gasteiger partial charge in [-0.05, 0) is 77.7 Å². The van der Waals surface area contributed by atoms with Gasteiger partial charge in [0.2, 0.25) is 5.95 Å². The fourth-order valence-corrected chi connectivity index (χ4v) is 7.31. The Morgan fingerprint density at radius 2 is 1.53 bits per heavy atom. The first kappa shape index (κ1) is 40.2. The Hall–Kier alpha value is -6.52. The van der Waals surface area contributed by atoms with Crippen LogP contribution in [-0.2, 0) is 32.6 Å². The summed E-state index contributed by atoms with van der Waals surface area (Å²) in [7, 11) is -1.35. The van der Waals surface area contributed by atoms with Crippen molar-refractivity contribution in [2.24, 2.45) is 0 Å². The summed E-state index contributed by atoms with van der Waals surface area (Å²) < 4.78 is 89.4. The minimum absolute atomic E-state index is 0.267. The van der Waals surface area contributed by atoms with Crippen LogP contribution in [0.5, 0.6) is 11.5 Å². The average Bonchev–Trinajstić information content (AvgIpc) is 3.19. The fourth-order valence-electron chi connectivity index (χ4n) is 6.27. The molecule has 1 atom stereocenters. The summed E-state index contributed by atoms with van der Waals surface area (Å²) in [5.41, 5.74) is 2.22. The van der Waals surface area contributed by atoms with Crippen LogP contribution >= 0.6 is 0 Å². The highest BCUT2D eigenvalue weighted by molar-refractivity contribution is 7.92. The van der Waals surface area contributed by atoms with Gasteiger partial charge in [0.05, 0.1) is 42.5 Å². The number of nitrogens with zero attached hydrogens (tertiary/aromatic N) is 2. The summed E-state index contributed by atoms with van der Waals surface area (Å²) in [6.45, 7) is 2.72. The first-order valence-corrected chi connectivity index (χ1v) is 18.8. The van der Waals surface area contributed by atoms with Crippen LogP contribution in [-0.4, -0.2) is 62.2 Å². The van der Waals surface area contributed by atoms with Gasteiger partial charge in [-0.15, -0.1) is 0 Å². The predicted octanol–water partition coefficient (Wildman–Crippen LogP) is 7.16. The molecule has 0 bridgehead atoms. The van der Waals surface area contributed by atoms with Gasteiger partial charge in [-0.3, -0.25) is 14.5 Å². The molecule has 0 saturated heterocycles. The third kappa shape index (κ3) is 8.82. The summed E-state index contributed by atoms with van der Waals surface area (Å²) >= 11 is 0. The van der Waals surface area contributed by atoms with Crippen molar-refractivity contribution >= 4 is 38.5 Å². The molecule has 16 heteroatoms. The number of pyridine rings is 2. The molecule has 1 amide bonds. The summed E-state index contributed by atoms with van der Waals surface area (Å²) in [5.74, 6) is -5.51. The second-order valence-electron chi connectivity index (χ2n) is 12.6. The van der Waals surface area contributed by atoms with Crippen LogP contribution in [0.2, 0.25) is 0 Å². The number of amides is 1. The van der Waals surface area contributed by atoms with Gasteiger partial charge in [0.1, 0.15) is 34.7 Å². The number of hydrogen-bond donors (Lipinski definition) is 3. The molecule has 3 N–H and O–H groups in total. The smallest absolute Gasteiger partial charge is 0.326 e. The van der Waals surface area contributed by atoms with Crippen LogP contribution in [0, 0.1) is 17.6 Å². The number of halogens is 3. The van der Waals surface area contributed by atoms with E-state index in [9.17, 15) is 27.5 Å². The van der Waals surface area contributed by atoms with Crippen LogP contribution in [0.4, 0.5) is 18.9 Å². The standard InChI is InChI=1S/C41H35F3N4O8S/c1-4-56-22-23-16-34(54-2)37(35(17-23)55-3)30-12-9-26(29-6-5-14-46-39(29)30)18-33(41(50)51)47-40(49)38-31(42)20-27(21-32(38)43)48-57(52,53)28-10-7-24(8-11-28)25-13-15-45-36(44)19-25/h5-17,19-21,33,48H,4,18,22H2,1-3H3,(H,47,49)(H,50,51). The number of aromatic nitrogens is 2. The lowest BCUT2D eigenvalue weighted by Gasteiger charge is -2.19. The quantitative estimate of drug-likeness (QED) is 0.0908. The van der Waals surface area contributed by atoms with Crippen molar-refractivity contribution in [3.63, 3.8) is 0 Å². The summed E-state index contributed by atoms with van der Waals surface area (Å²) in [6.07, 6.45) is 2.51. The first-order chi connectivity index (χ1) is 27.3. The number of carboxylic acid groups (broad SMARTS) is 1. The number of carbonyl (C=O) groups excluding carboxylic acids is 1. The van der Waals surface area contributed by atoms with Crippen molar-refractivity contribution in [3.05, 3.63) is 132 Å². The number of benzene rings is 4. The van der Waals surface area contributed by atoms with Crippen LogP contribution in [0.15, 0.2) is 102 Å². The third-order valence-electron chi connectivity index (χ3n) is 8.94. The Bertz CT molecular complexity index is 2540. The van der Waals surface area contributed by atoms with Gasteiger partial charge in [-0.2, -0.15) is 4.39 Å². The number of nitrogens with one attached hydrogen (secondary N) is 2. The molecular formula is C41H35F3N4O8S. The van der Waals surface area contributed by atoms with E-state index in [2.05, 4.69) is 20.0 Å². The van der Waals surface area contributed by atoms with E-state index < -0.39 is 56.8 Å². The number of hydrogen-bond acceptors (Lipinski definition) is 9. The second-order valence-corrected chi connectivity index (χ2v) is 14.2. The topological polar surface area (TPSA) is 166 Å². The van der Waals surface area contributed by atoms with Crippen molar-refractivity contribution in [3.8, 4) is 33.8 Å². The maximum absolute atomic E-state index is 15.4. The Morgan fingerprint density at radius 3 is 2.14 bits per heavy atom. The average molecular weight is 801 g/mol. The van der Waals surface area contributed by atoms with E-state index in [4.69, 9.17) is 14.2 Å². The Balaban J connectivity index is 1.23. The van der Waals surface area contributed by atoms with E-state index in [1.807, 2.05) is 19.1 Å². The van der Waals surface area contributed by atoms with E-state index in [1.54, 1.807) is 30.5 Å². The van der Waals surface area contributed by atoms with Gasteiger partial charge in [0.25, 0.3) is 15.9 Å². The molecule has 6 rings (SSSR count). The van der Waals surface area contributed by atoms with Crippen LogP contribution < -0.4 is 19.5 Å². The van der Waals surface area contributed by atoms with Crippen molar-refractivity contribution in [2.45, 2.75) is 30.9 Å². The number of fused-ring (bicyclic) bond motifs is 1. The number of methoxy groups -OCH3 is 2. The van der Waals surface area contributed by atoms with Gasteiger partial charge < -0.3 is 24.6 Å². The van der Waals surface area contributed by atoms with Crippen LogP contribution in [0.1, 0.15) is 28.4 Å². The molecular weight excluding hydrogens is 766 g/mol. The third-order valence-corrected chi connectivity index (χ3v) is 10.3. The van der Waals surface area contributed by atoms with Crippen LogP contribution in [0.3, 0.4) is 0 Å². The normalized spacial score (nSPS) is 11.9. The number of sulfonamides is 1. The Labute approximate surface area is 325 Å². The monoisotopic (exact) mass is 800 g/mol.